The first-order chi connectivity index (χ1) is 10.7. The first-order valence-electron chi connectivity index (χ1n) is 8.43. The van der Waals surface area contributed by atoms with Crippen molar-refractivity contribution >= 4 is 17.7 Å². The van der Waals surface area contributed by atoms with Gasteiger partial charge in [-0.15, -0.1) is 0 Å². The van der Waals surface area contributed by atoms with E-state index in [1.165, 1.54) is 6.42 Å². The second kappa shape index (κ2) is 7.23. The van der Waals surface area contributed by atoms with Crippen LogP contribution in [0.1, 0.15) is 19.8 Å². The molecule has 2 fully saturated rings. The highest BCUT2D eigenvalue weighted by Gasteiger charge is 2.33. The summed E-state index contributed by atoms with van der Waals surface area (Å²) < 4.78 is 0. The highest BCUT2D eigenvalue weighted by atomic mass is 32.2. The van der Waals surface area contributed by atoms with E-state index >= 15 is 0 Å². The summed E-state index contributed by atoms with van der Waals surface area (Å²) in [6.07, 6.45) is 6.58. The lowest BCUT2D eigenvalue weighted by molar-refractivity contribution is 0.0776. The molecule has 2 unspecified atom stereocenters. The molecule has 5 nitrogen and oxygen atoms in total. The second-order valence-corrected chi connectivity index (χ2v) is 7.62. The average molecular weight is 324 g/mol. The summed E-state index contributed by atoms with van der Waals surface area (Å²) in [5.41, 5.74) is -0.594. The van der Waals surface area contributed by atoms with Gasteiger partial charge in [0.2, 0.25) is 0 Å². The van der Waals surface area contributed by atoms with Gasteiger partial charge >= 0.3 is 0 Å². The lowest BCUT2D eigenvalue weighted by Gasteiger charge is -2.26. The van der Waals surface area contributed by atoms with Crippen LogP contribution >= 0.6 is 11.8 Å². The molecule has 0 saturated carbocycles. The van der Waals surface area contributed by atoms with Crippen molar-refractivity contribution in [3.8, 4) is 0 Å². The molecule has 0 aromatic heterocycles. The van der Waals surface area contributed by atoms with Gasteiger partial charge in [0.15, 0.2) is 5.96 Å². The first-order valence-corrected chi connectivity index (χ1v) is 9.58. The Morgan fingerprint density at radius 1 is 1.45 bits per heavy atom. The van der Waals surface area contributed by atoms with Crippen LogP contribution in [0.4, 0.5) is 0 Å². The Kier molecular flexibility index (Phi) is 5.31. The summed E-state index contributed by atoms with van der Waals surface area (Å²) in [5.74, 6) is 2.84. The lowest BCUT2D eigenvalue weighted by Crippen LogP contribution is -2.44. The van der Waals surface area contributed by atoms with Gasteiger partial charge in [0.25, 0.3) is 0 Å². The SMILES string of the molecule is CCNC(=NCC1(O)CCSC1)N1CCC(N2CC=CC2)C1. The van der Waals surface area contributed by atoms with Crippen LogP contribution in [0.5, 0.6) is 0 Å². The standard InChI is InChI=1S/C16H28N4OS/c1-2-17-15(18-12-16(21)6-10-22-13-16)20-9-5-14(11-20)19-7-3-4-8-19/h3-4,14,21H,2,5-13H2,1H3,(H,17,18). The van der Waals surface area contributed by atoms with Gasteiger partial charge in [-0.2, -0.15) is 11.8 Å². The molecule has 3 aliphatic rings. The third-order valence-corrected chi connectivity index (χ3v) is 6.00. The Hall–Kier alpha value is -0.720. The van der Waals surface area contributed by atoms with Crippen molar-refractivity contribution in [3.63, 3.8) is 0 Å². The molecule has 22 heavy (non-hydrogen) atoms. The van der Waals surface area contributed by atoms with E-state index in [1.807, 2.05) is 11.8 Å². The van der Waals surface area contributed by atoms with Crippen molar-refractivity contribution in [2.24, 2.45) is 4.99 Å². The number of aliphatic hydroxyl groups is 1. The van der Waals surface area contributed by atoms with E-state index in [0.29, 0.717) is 12.6 Å². The van der Waals surface area contributed by atoms with Crippen LogP contribution < -0.4 is 5.32 Å². The zero-order valence-electron chi connectivity index (χ0n) is 13.5. The molecule has 0 spiro atoms. The molecule has 3 rings (SSSR count). The minimum absolute atomic E-state index is 0.523. The van der Waals surface area contributed by atoms with E-state index < -0.39 is 5.60 Å². The fraction of sp³-hybridized carbons (Fsp3) is 0.812. The molecule has 0 aromatic carbocycles. The van der Waals surface area contributed by atoms with Crippen LogP contribution in [-0.2, 0) is 0 Å². The van der Waals surface area contributed by atoms with Crippen LogP contribution in [0.3, 0.4) is 0 Å². The average Bonchev–Trinajstić information content (AvgIpc) is 3.24. The van der Waals surface area contributed by atoms with Gasteiger partial charge in [0.05, 0.1) is 12.1 Å². The Morgan fingerprint density at radius 2 is 2.27 bits per heavy atom. The lowest BCUT2D eigenvalue weighted by atomic mass is 10.1. The molecule has 2 atom stereocenters. The monoisotopic (exact) mass is 324 g/mol. The maximum absolute atomic E-state index is 10.5. The fourth-order valence-corrected chi connectivity index (χ4v) is 4.68. The van der Waals surface area contributed by atoms with E-state index in [9.17, 15) is 5.11 Å². The third kappa shape index (κ3) is 3.78. The van der Waals surface area contributed by atoms with E-state index in [4.69, 9.17) is 4.99 Å². The number of nitrogens with one attached hydrogen (secondary N) is 1. The number of likely N-dealkylation sites (tertiary alicyclic amines) is 1. The number of rotatable bonds is 4. The molecule has 0 radical (unpaired) electrons. The molecule has 124 valence electrons. The number of aliphatic imine (C=N–C) groups is 1. The van der Waals surface area contributed by atoms with Crippen molar-refractivity contribution in [2.45, 2.75) is 31.4 Å². The number of guanidine groups is 1. The molecule has 0 aromatic rings. The maximum atomic E-state index is 10.5. The quantitative estimate of drug-likeness (QED) is 0.454. The number of nitrogens with zero attached hydrogens (tertiary/aromatic N) is 3. The molecule has 0 aliphatic carbocycles. The van der Waals surface area contributed by atoms with Crippen molar-refractivity contribution in [3.05, 3.63) is 12.2 Å². The number of thioether (sulfide) groups is 1. The fourth-order valence-electron chi connectivity index (χ4n) is 3.39. The van der Waals surface area contributed by atoms with Crippen molar-refractivity contribution in [1.82, 2.24) is 15.1 Å². The van der Waals surface area contributed by atoms with Gasteiger partial charge in [-0.3, -0.25) is 9.89 Å². The smallest absolute Gasteiger partial charge is 0.194 e. The molecular formula is C16H28N4OS. The summed E-state index contributed by atoms with van der Waals surface area (Å²) in [6, 6.07) is 0.629. The van der Waals surface area contributed by atoms with E-state index in [0.717, 1.165) is 56.6 Å². The molecule has 2 N–H and O–H groups in total. The summed E-state index contributed by atoms with van der Waals surface area (Å²) >= 11 is 1.83. The minimum atomic E-state index is -0.594. The predicted octanol–water partition coefficient (Wildman–Crippen LogP) is 0.766. The predicted molar refractivity (Wildman–Crippen MR) is 93.6 cm³/mol. The molecule has 6 heteroatoms. The third-order valence-electron chi connectivity index (χ3n) is 4.77. The minimum Gasteiger partial charge on any atom is -0.387 e. The summed E-state index contributed by atoms with van der Waals surface area (Å²) in [6.45, 7) is 7.77. The number of hydrogen-bond donors (Lipinski definition) is 2. The Bertz CT molecular complexity index is 426. The summed E-state index contributed by atoms with van der Waals surface area (Å²) in [4.78, 5) is 9.64. The maximum Gasteiger partial charge on any atom is 0.194 e. The zero-order valence-corrected chi connectivity index (χ0v) is 14.3. The van der Waals surface area contributed by atoms with Gasteiger partial charge in [0, 0.05) is 44.5 Å². The van der Waals surface area contributed by atoms with Crippen LogP contribution in [0.25, 0.3) is 0 Å². The molecule has 3 heterocycles. The zero-order chi connectivity index (χ0) is 15.4. The molecule has 3 aliphatic heterocycles. The molecule has 0 amide bonds. The van der Waals surface area contributed by atoms with Crippen molar-refractivity contribution in [2.75, 3.05) is 50.8 Å². The van der Waals surface area contributed by atoms with Gasteiger partial charge in [-0.25, -0.2) is 0 Å². The molecular weight excluding hydrogens is 296 g/mol. The van der Waals surface area contributed by atoms with Gasteiger partial charge in [-0.05, 0) is 25.5 Å². The van der Waals surface area contributed by atoms with Gasteiger partial charge in [-0.1, -0.05) is 12.2 Å². The van der Waals surface area contributed by atoms with Crippen LogP contribution in [0, 0.1) is 0 Å². The largest absolute Gasteiger partial charge is 0.387 e. The van der Waals surface area contributed by atoms with Crippen molar-refractivity contribution < 1.29 is 5.11 Å². The van der Waals surface area contributed by atoms with E-state index in [1.54, 1.807) is 0 Å². The summed E-state index contributed by atoms with van der Waals surface area (Å²) in [7, 11) is 0. The first kappa shape index (κ1) is 16.1. The highest BCUT2D eigenvalue weighted by Crippen LogP contribution is 2.28. The summed E-state index contributed by atoms with van der Waals surface area (Å²) in [5, 5.41) is 13.9. The highest BCUT2D eigenvalue weighted by molar-refractivity contribution is 7.99. The van der Waals surface area contributed by atoms with Crippen molar-refractivity contribution in [1.29, 1.82) is 0 Å². The normalized spacial score (nSPS) is 33.1. The van der Waals surface area contributed by atoms with Crippen LogP contribution in [0.15, 0.2) is 17.1 Å². The number of hydrogen-bond acceptors (Lipinski definition) is 4. The van der Waals surface area contributed by atoms with E-state index in [2.05, 4.69) is 34.2 Å². The molecule has 0 bridgehead atoms. The molecule has 2 saturated heterocycles. The van der Waals surface area contributed by atoms with Crippen LogP contribution in [0.2, 0.25) is 0 Å². The Morgan fingerprint density at radius 3 is 2.95 bits per heavy atom. The second-order valence-electron chi connectivity index (χ2n) is 6.51. The van der Waals surface area contributed by atoms with Gasteiger partial charge < -0.3 is 15.3 Å². The van der Waals surface area contributed by atoms with Crippen LogP contribution in [-0.4, -0.2) is 83.3 Å². The Balaban J connectivity index is 1.58. The Labute approximate surface area is 137 Å². The van der Waals surface area contributed by atoms with Gasteiger partial charge in [0.1, 0.15) is 0 Å². The van der Waals surface area contributed by atoms with E-state index in [-0.39, 0.29) is 0 Å². The topological polar surface area (TPSA) is 51.1 Å².